The van der Waals surface area contributed by atoms with E-state index in [1.807, 2.05) is 6.07 Å². The molecule has 0 aromatic heterocycles. The summed E-state index contributed by atoms with van der Waals surface area (Å²) in [5, 5.41) is 2.87. The molecule has 0 aliphatic heterocycles. The van der Waals surface area contributed by atoms with Crippen molar-refractivity contribution >= 4 is 22.7 Å². The van der Waals surface area contributed by atoms with E-state index in [-0.39, 0.29) is 17.5 Å². The Morgan fingerprint density at radius 3 is 2.36 bits per heavy atom. The first-order valence-electron chi connectivity index (χ1n) is 8.05. The van der Waals surface area contributed by atoms with Crippen molar-refractivity contribution in [3.8, 4) is 0 Å². The van der Waals surface area contributed by atoms with Crippen molar-refractivity contribution in [2.45, 2.75) is 29.9 Å². The van der Waals surface area contributed by atoms with Gasteiger partial charge in [-0.05, 0) is 25.0 Å². The average molecular weight is 357 g/mol. The van der Waals surface area contributed by atoms with Crippen LogP contribution < -0.4 is 5.32 Å². The summed E-state index contributed by atoms with van der Waals surface area (Å²) in [6, 6.07) is 15.6. The SMILES string of the molecule is C[S@](=O)c1ccccc1C(=O)O[C@@H](C(=O)NC1CC1)c1ccccc1. The molecule has 1 aliphatic rings. The van der Waals surface area contributed by atoms with Gasteiger partial charge in [-0.15, -0.1) is 0 Å². The average Bonchev–Trinajstić information content (AvgIpc) is 3.44. The Hall–Kier alpha value is -2.47. The Kier molecular flexibility index (Phi) is 5.28. The zero-order valence-electron chi connectivity index (χ0n) is 13.8. The number of ether oxygens (including phenoxy) is 1. The van der Waals surface area contributed by atoms with Crippen LogP contribution in [0.15, 0.2) is 59.5 Å². The normalized spacial score (nSPS) is 15.9. The van der Waals surface area contributed by atoms with E-state index in [0.717, 1.165) is 12.8 Å². The highest BCUT2D eigenvalue weighted by atomic mass is 32.2. The molecule has 0 saturated heterocycles. The lowest BCUT2D eigenvalue weighted by Gasteiger charge is -2.18. The number of hydrogen-bond donors (Lipinski definition) is 1. The molecule has 0 unspecified atom stereocenters. The fourth-order valence-electron chi connectivity index (χ4n) is 2.46. The molecule has 1 fully saturated rings. The van der Waals surface area contributed by atoms with Gasteiger partial charge in [0.2, 0.25) is 6.10 Å². The summed E-state index contributed by atoms with van der Waals surface area (Å²) in [7, 11) is -1.33. The molecule has 0 spiro atoms. The summed E-state index contributed by atoms with van der Waals surface area (Å²) >= 11 is 0. The van der Waals surface area contributed by atoms with Gasteiger partial charge in [0.1, 0.15) is 0 Å². The third kappa shape index (κ3) is 4.33. The molecule has 2 aromatic carbocycles. The Morgan fingerprint density at radius 1 is 1.08 bits per heavy atom. The number of carbonyl (C=O) groups excluding carboxylic acids is 2. The second-order valence-corrected chi connectivity index (χ2v) is 7.28. The van der Waals surface area contributed by atoms with Gasteiger partial charge in [-0.25, -0.2) is 4.79 Å². The van der Waals surface area contributed by atoms with E-state index in [0.29, 0.717) is 10.5 Å². The predicted octanol–water partition coefficient (Wildman–Crippen LogP) is 2.60. The molecule has 2 atom stereocenters. The second kappa shape index (κ2) is 7.61. The van der Waals surface area contributed by atoms with Crippen molar-refractivity contribution in [3.05, 3.63) is 65.7 Å². The molecule has 2 aromatic rings. The molecule has 1 aliphatic carbocycles. The molecule has 0 bridgehead atoms. The van der Waals surface area contributed by atoms with E-state index in [4.69, 9.17) is 4.74 Å². The maximum atomic E-state index is 12.6. The lowest BCUT2D eigenvalue weighted by atomic mass is 10.1. The second-order valence-electron chi connectivity index (χ2n) is 5.93. The Labute approximate surface area is 148 Å². The van der Waals surface area contributed by atoms with Crippen LogP contribution in [0.2, 0.25) is 0 Å². The smallest absolute Gasteiger partial charge is 0.340 e. The molecule has 1 N–H and O–H groups in total. The van der Waals surface area contributed by atoms with Crippen LogP contribution in [0.1, 0.15) is 34.9 Å². The molecule has 0 radical (unpaired) electrons. The van der Waals surface area contributed by atoms with E-state index < -0.39 is 22.9 Å². The quantitative estimate of drug-likeness (QED) is 0.807. The summed E-state index contributed by atoms with van der Waals surface area (Å²) in [6.45, 7) is 0. The summed E-state index contributed by atoms with van der Waals surface area (Å²) in [4.78, 5) is 25.5. The van der Waals surface area contributed by atoms with Crippen molar-refractivity contribution < 1.29 is 18.5 Å². The van der Waals surface area contributed by atoms with Gasteiger partial charge in [0, 0.05) is 17.9 Å². The maximum absolute atomic E-state index is 12.6. The van der Waals surface area contributed by atoms with Crippen molar-refractivity contribution in [1.82, 2.24) is 5.32 Å². The number of esters is 1. The van der Waals surface area contributed by atoms with Crippen LogP contribution in [0, 0.1) is 0 Å². The predicted molar refractivity (Wildman–Crippen MR) is 94.5 cm³/mol. The van der Waals surface area contributed by atoms with Gasteiger partial charge in [0.25, 0.3) is 5.91 Å². The number of carbonyl (C=O) groups is 2. The Bertz CT molecular complexity index is 802. The number of benzene rings is 2. The molecule has 1 amide bonds. The highest BCUT2D eigenvalue weighted by molar-refractivity contribution is 7.84. The van der Waals surface area contributed by atoms with E-state index in [1.54, 1.807) is 48.5 Å². The van der Waals surface area contributed by atoms with Gasteiger partial charge in [-0.3, -0.25) is 9.00 Å². The van der Waals surface area contributed by atoms with Gasteiger partial charge in [0.15, 0.2) is 0 Å². The first-order valence-corrected chi connectivity index (χ1v) is 9.61. The zero-order valence-corrected chi connectivity index (χ0v) is 14.6. The van der Waals surface area contributed by atoms with Gasteiger partial charge in [0.05, 0.1) is 21.3 Å². The van der Waals surface area contributed by atoms with E-state index in [9.17, 15) is 13.8 Å². The standard InChI is InChI=1S/C19H19NO4S/c1-25(23)16-10-6-5-9-15(16)19(22)24-17(13-7-3-2-4-8-13)18(21)20-14-11-12-14/h2-10,14,17H,11-12H2,1H3,(H,20,21)/t17-,25+/m1/s1. The van der Waals surface area contributed by atoms with Crippen LogP contribution in [0.3, 0.4) is 0 Å². The lowest BCUT2D eigenvalue weighted by Crippen LogP contribution is -2.33. The molecular formula is C19H19NO4S. The highest BCUT2D eigenvalue weighted by Gasteiger charge is 2.31. The van der Waals surface area contributed by atoms with Crippen molar-refractivity contribution in [3.63, 3.8) is 0 Å². The minimum Gasteiger partial charge on any atom is -0.444 e. The molecule has 5 nitrogen and oxygen atoms in total. The monoisotopic (exact) mass is 357 g/mol. The molecule has 25 heavy (non-hydrogen) atoms. The van der Waals surface area contributed by atoms with Gasteiger partial charge in [-0.2, -0.15) is 0 Å². The van der Waals surface area contributed by atoms with Crippen LogP contribution in [-0.4, -0.2) is 28.4 Å². The van der Waals surface area contributed by atoms with Gasteiger partial charge < -0.3 is 10.1 Å². The first-order chi connectivity index (χ1) is 12.1. The van der Waals surface area contributed by atoms with Crippen LogP contribution in [0.25, 0.3) is 0 Å². The minimum absolute atomic E-state index is 0.160. The van der Waals surface area contributed by atoms with Crippen LogP contribution in [0.4, 0.5) is 0 Å². The Morgan fingerprint density at radius 2 is 1.72 bits per heavy atom. The van der Waals surface area contributed by atoms with Crippen molar-refractivity contribution in [2.24, 2.45) is 0 Å². The number of rotatable bonds is 6. The van der Waals surface area contributed by atoms with E-state index in [1.165, 1.54) is 6.26 Å². The summed E-state index contributed by atoms with van der Waals surface area (Å²) < 4.78 is 17.4. The zero-order chi connectivity index (χ0) is 17.8. The molecule has 130 valence electrons. The fourth-order valence-corrected chi connectivity index (χ4v) is 3.19. The lowest BCUT2D eigenvalue weighted by molar-refractivity contribution is -0.130. The van der Waals surface area contributed by atoms with E-state index >= 15 is 0 Å². The van der Waals surface area contributed by atoms with Crippen LogP contribution in [0.5, 0.6) is 0 Å². The number of amides is 1. The van der Waals surface area contributed by atoms with Gasteiger partial charge in [-0.1, -0.05) is 42.5 Å². The summed E-state index contributed by atoms with van der Waals surface area (Å²) in [5.74, 6) is -0.997. The fraction of sp³-hybridized carbons (Fsp3) is 0.263. The molecular weight excluding hydrogens is 338 g/mol. The third-order valence-electron chi connectivity index (χ3n) is 3.91. The maximum Gasteiger partial charge on any atom is 0.340 e. The summed E-state index contributed by atoms with van der Waals surface area (Å²) in [6.07, 6.45) is 2.35. The van der Waals surface area contributed by atoms with Crippen LogP contribution in [-0.2, 0) is 20.3 Å². The molecule has 6 heteroatoms. The number of nitrogens with one attached hydrogen (secondary N) is 1. The number of hydrogen-bond acceptors (Lipinski definition) is 4. The third-order valence-corrected chi connectivity index (χ3v) is 4.88. The molecule has 0 heterocycles. The topological polar surface area (TPSA) is 72.5 Å². The highest BCUT2D eigenvalue weighted by Crippen LogP contribution is 2.25. The molecule has 1 saturated carbocycles. The van der Waals surface area contributed by atoms with Crippen molar-refractivity contribution in [1.29, 1.82) is 0 Å². The summed E-state index contributed by atoms with van der Waals surface area (Å²) in [5.41, 5.74) is 0.813. The van der Waals surface area contributed by atoms with E-state index in [2.05, 4.69) is 5.32 Å². The Balaban J connectivity index is 1.86. The molecule has 3 rings (SSSR count). The minimum atomic E-state index is -1.33. The first kappa shape index (κ1) is 17.4. The van der Waals surface area contributed by atoms with Crippen LogP contribution >= 0.6 is 0 Å². The van der Waals surface area contributed by atoms with Gasteiger partial charge >= 0.3 is 5.97 Å². The largest absolute Gasteiger partial charge is 0.444 e. The van der Waals surface area contributed by atoms with Crippen molar-refractivity contribution in [2.75, 3.05) is 6.26 Å².